The largest absolute Gasteiger partial charge is 0.337 e. The van der Waals surface area contributed by atoms with Gasteiger partial charge in [-0.25, -0.2) is 21.9 Å². The van der Waals surface area contributed by atoms with E-state index in [1.165, 1.54) is 18.2 Å². The summed E-state index contributed by atoms with van der Waals surface area (Å²) in [5, 5.41) is 0. The summed E-state index contributed by atoms with van der Waals surface area (Å²) in [6.45, 7) is 3.96. The van der Waals surface area contributed by atoms with Crippen LogP contribution in [0, 0.1) is 17.6 Å². The molecule has 0 bridgehead atoms. The molecule has 162 valence electrons. The van der Waals surface area contributed by atoms with Crippen LogP contribution in [0.25, 0.3) is 11.1 Å². The van der Waals surface area contributed by atoms with E-state index in [1.54, 1.807) is 43.0 Å². The molecule has 0 saturated carbocycles. The highest BCUT2D eigenvalue weighted by Gasteiger charge is 2.39. The van der Waals surface area contributed by atoms with Crippen LogP contribution in [0.3, 0.4) is 0 Å². The van der Waals surface area contributed by atoms with Gasteiger partial charge in [-0.2, -0.15) is 0 Å². The smallest absolute Gasteiger partial charge is 0.225 e. The Labute approximate surface area is 176 Å². The first-order valence-corrected chi connectivity index (χ1v) is 11.8. The molecule has 1 heterocycles. The Hall–Kier alpha value is -2.32. The molecule has 1 amide bonds. The minimum Gasteiger partial charge on any atom is -0.337 e. The van der Waals surface area contributed by atoms with Crippen LogP contribution in [0.2, 0.25) is 0 Å². The molecule has 1 aliphatic rings. The van der Waals surface area contributed by atoms with Crippen molar-refractivity contribution < 1.29 is 22.0 Å². The van der Waals surface area contributed by atoms with Gasteiger partial charge in [-0.15, -0.1) is 0 Å². The summed E-state index contributed by atoms with van der Waals surface area (Å²) in [6, 6.07) is 9.57. The minimum absolute atomic E-state index is 0.0977. The normalized spacial score (nSPS) is 19.5. The van der Waals surface area contributed by atoms with Gasteiger partial charge in [0.05, 0.1) is 12.3 Å². The van der Waals surface area contributed by atoms with E-state index in [0.717, 1.165) is 6.26 Å². The van der Waals surface area contributed by atoms with E-state index in [9.17, 15) is 17.6 Å². The van der Waals surface area contributed by atoms with E-state index >= 15 is 4.39 Å². The van der Waals surface area contributed by atoms with Crippen LogP contribution in [-0.2, 0) is 21.2 Å². The summed E-state index contributed by atoms with van der Waals surface area (Å²) < 4.78 is 55.1. The molecule has 1 fully saturated rings. The van der Waals surface area contributed by atoms with Crippen molar-refractivity contribution in [3.63, 3.8) is 0 Å². The molecule has 8 heteroatoms. The number of nitrogens with one attached hydrogen (secondary N) is 1. The van der Waals surface area contributed by atoms with Crippen molar-refractivity contribution in [1.82, 2.24) is 9.62 Å². The van der Waals surface area contributed by atoms with E-state index in [4.69, 9.17) is 0 Å². The molecule has 2 aromatic rings. The Kier molecular flexibility index (Phi) is 6.57. The third kappa shape index (κ3) is 5.05. The molecule has 30 heavy (non-hydrogen) atoms. The van der Waals surface area contributed by atoms with Crippen LogP contribution < -0.4 is 4.72 Å². The van der Waals surface area contributed by atoms with Gasteiger partial charge in [0, 0.05) is 24.1 Å². The maximum absolute atomic E-state index is 15.3. The fraction of sp³-hybridized carbons (Fsp3) is 0.409. The average Bonchev–Trinajstić information content (AvgIpc) is 3.03. The molecule has 0 aliphatic carbocycles. The van der Waals surface area contributed by atoms with Crippen molar-refractivity contribution in [1.29, 1.82) is 0 Å². The third-order valence-electron chi connectivity index (χ3n) is 5.33. The van der Waals surface area contributed by atoms with Gasteiger partial charge in [-0.1, -0.05) is 44.2 Å². The van der Waals surface area contributed by atoms with Crippen LogP contribution in [0.15, 0.2) is 42.5 Å². The third-order valence-corrected chi connectivity index (χ3v) is 6.06. The molecule has 3 rings (SSSR count). The molecule has 0 spiro atoms. The summed E-state index contributed by atoms with van der Waals surface area (Å²) in [5.74, 6) is -1.31. The number of rotatable bonds is 6. The van der Waals surface area contributed by atoms with E-state index in [0.29, 0.717) is 24.1 Å². The van der Waals surface area contributed by atoms with Gasteiger partial charge >= 0.3 is 0 Å². The summed E-state index contributed by atoms with van der Waals surface area (Å²) in [7, 11) is -3.49. The van der Waals surface area contributed by atoms with E-state index in [2.05, 4.69) is 4.72 Å². The lowest BCUT2D eigenvalue weighted by Gasteiger charge is -2.30. The molecule has 0 unspecified atom stereocenters. The highest BCUT2D eigenvalue weighted by Crippen LogP contribution is 2.29. The summed E-state index contributed by atoms with van der Waals surface area (Å²) >= 11 is 0. The molecule has 0 radical (unpaired) electrons. The molecule has 2 atom stereocenters. The van der Waals surface area contributed by atoms with Crippen LogP contribution in [0.4, 0.5) is 8.78 Å². The second-order valence-corrected chi connectivity index (χ2v) is 9.81. The van der Waals surface area contributed by atoms with Crippen molar-refractivity contribution in [2.45, 2.75) is 38.8 Å². The number of carbonyl (C=O) groups is 1. The molecule has 1 saturated heterocycles. The van der Waals surface area contributed by atoms with Gasteiger partial charge in [-0.05, 0) is 36.1 Å². The zero-order valence-corrected chi connectivity index (χ0v) is 18.0. The number of nitrogens with zero attached hydrogens (tertiary/aromatic N) is 1. The number of sulfonamides is 1. The van der Waals surface area contributed by atoms with Crippen LogP contribution in [0.5, 0.6) is 0 Å². The Morgan fingerprint density at radius 1 is 1.20 bits per heavy atom. The fourth-order valence-corrected chi connectivity index (χ4v) is 4.79. The second-order valence-electron chi connectivity index (χ2n) is 8.03. The number of likely N-dealkylation sites (tertiary alicyclic amines) is 1. The number of amides is 1. The number of carbonyl (C=O) groups excluding carboxylic acids is 1. The predicted molar refractivity (Wildman–Crippen MR) is 112 cm³/mol. The fourth-order valence-electron chi connectivity index (χ4n) is 3.97. The van der Waals surface area contributed by atoms with Crippen LogP contribution in [-0.4, -0.2) is 44.1 Å². The lowest BCUT2D eigenvalue weighted by Crippen LogP contribution is -2.48. The number of hydrogen-bond donors (Lipinski definition) is 1. The van der Waals surface area contributed by atoms with E-state index in [-0.39, 0.29) is 23.8 Å². The van der Waals surface area contributed by atoms with Gasteiger partial charge in [0.25, 0.3) is 0 Å². The minimum atomic E-state index is -3.49. The lowest BCUT2D eigenvalue weighted by atomic mass is 9.95. The van der Waals surface area contributed by atoms with E-state index < -0.39 is 33.7 Å². The predicted octanol–water partition coefficient (Wildman–Crippen LogP) is 3.35. The van der Waals surface area contributed by atoms with Crippen molar-refractivity contribution in [2.75, 3.05) is 12.8 Å². The Morgan fingerprint density at radius 3 is 2.53 bits per heavy atom. The van der Waals surface area contributed by atoms with Gasteiger partial charge in [0.1, 0.15) is 11.6 Å². The molecular formula is C22H26F2N2O3S. The van der Waals surface area contributed by atoms with Crippen molar-refractivity contribution in [2.24, 2.45) is 5.92 Å². The molecule has 1 N–H and O–H groups in total. The number of benzene rings is 2. The van der Waals surface area contributed by atoms with Gasteiger partial charge < -0.3 is 4.90 Å². The summed E-state index contributed by atoms with van der Waals surface area (Å²) in [5.41, 5.74) is 1.03. The SMILES string of the molecule is CC(C)C(=O)N1CC[C@@H](NS(C)(=O)=O)[C@H]1Cc1cccc(-c2cccc(F)c2)c1F. The highest BCUT2D eigenvalue weighted by molar-refractivity contribution is 7.88. The average molecular weight is 437 g/mol. The molecular weight excluding hydrogens is 410 g/mol. The van der Waals surface area contributed by atoms with Crippen LogP contribution in [0.1, 0.15) is 25.8 Å². The number of hydrogen-bond acceptors (Lipinski definition) is 3. The Bertz CT molecular complexity index is 1040. The van der Waals surface area contributed by atoms with Crippen LogP contribution >= 0.6 is 0 Å². The topological polar surface area (TPSA) is 66.5 Å². The number of halogens is 2. The molecule has 1 aliphatic heterocycles. The monoisotopic (exact) mass is 436 g/mol. The first-order valence-electron chi connectivity index (χ1n) is 9.88. The Morgan fingerprint density at radius 2 is 1.90 bits per heavy atom. The lowest BCUT2D eigenvalue weighted by molar-refractivity contribution is -0.135. The highest BCUT2D eigenvalue weighted by atomic mass is 32.2. The van der Waals surface area contributed by atoms with Crippen molar-refractivity contribution >= 4 is 15.9 Å². The van der Waals surface area contributed by atoms with Gasteiger partial charge in [0.15, 0.2) is 0 Å². The van der Waals surface area contributed by atoms with Crippen molar-refractivity contribution in [3.8, 4) is 11.1 Å². The summed E-state index contributed by atoms with van der Waals surface area (Å²) in [6.07, 6.45) is 1.68. The second kappa shape index (κ2) is 8.81. The first kappa shape index (κ1) is 22.4. The molecule has 5 nitrogen and oxygen atoms in total. The standard InChI is InChI=1S/C22H26F2N2O3S/c1-14(2)22(27)26-11-10-19(25-30(3,28)29)20(26)13-16-7-5-9-18(21(16)24)15-6-4-8-17(23)12-15/h4-9,12,14,19-20,25H,10-11,13H2,1-3H3/t19-,20-/m1/s1. The first-order chi connectivity index (χ1) is 14.1. The quantitative estimate of drug-likeness (QED) is 0.755. The summed E-state index contributed by atoms with van der Waals surface area (Å²) in [4.78, 5) is 14.3. The van der Waals surface area contributed by atoms with Crippen molar-refractivity contribution in [3.05, 3.63) is 59.7 Å². The zero-order chi connectivity index (χ0) is 22.1. The zero-order valence-electron chi connectivity index (χ0n) is 17.2. The van der Waals surface area contributed by atoms with Gasteiger partial charge in [0.2, 0.25) is 15.9 Å². The maximum atomic E-state index is 15.3. The maximum Gasteiger partial charge on any atom is 0.225 e. The van der Waals surface area contributed by atoms with Gasteiger partial charge in [-0.3, -0.25) is 4.79 Å². The molecule has 2 aromatic carbocycles. The molecule has 0 aromatic heterocycles. The van der Waals surface area contributed by atoms with E-state index in [1.807, 2.05) is 0 Å². The Balaban J connectivity index is 1.96.